The number of thioether (sulfide) groups is 1. The van der Waals surface area contributed by atoms with Crippen LogP contribution in [0.2, 0.25) is 0 Å². The van der Waals surface area contributed by atoms with Gasteiger partial charge in [-0.15, -0.1) is 11.8 Å². The second kappa shape index (κ2) is 9.62. The fourth-order valence-corrected chi connectivity index (χ4v) is 4.98. The van der Waals surface area contributed by atoms with Crippen molar-refractivity contribution in [3.63, 3.8) is 0 Å². The van der Waals surface area contributed by atoms with Crippen LogP contribution in [-0.2, 0) is 19.6 Å². The van der Waals surface area contributed by atoms with E-state index in [1.165, 1.54) is 35.3 Å². The van der Waals surface area contributed by atoms with E-state index >= 15 is 0 Å². The number of carbonyl (C=O) groups is 1. The van der Waals surface area contributed by atoms with Crippen LogP contribution in [0.3, 0.4) is 0 Å². The number of amides is 1. The molecule has 2 aromatic rings. The zero-order valence-corrected chi connectivity index (χ0v) is 18.0. The fraction of sp³-hybridized carbons (Fsp3) is 0.350. The Morgan fingerprint density at radius 2 is 1.86 bits per heavy atom. The maximum atomic E-state index is 12.9. The van der Waals surface area contributed by atoms with Crippen LogP contribution in [0.15, 0.2) is 52.3 Å². The minimum atomic E-state index is -3.66. The van der Waals surface area contributed by atoms with Gasteiger partial charge in [0.25, 0.3) is 0 Å². The molecule has 156 valence electrons. The van der Waals surface area contributed by atoms with Gasteiger partial charge in [-0.3, -0.25) is 4.79 Å². The van der Waals surface area contributed by atoms with Gasteiger partial charge in [-0.1, -0.05) is 17.7 Å². The molecule has 1 aliphatic heterocycles. The number of methoxy groups -OCH3 is 1. The second-order valence-electron chi connectivity index (χ2n) is 6.53. The SMILES string of the molecule is COc1ccc(S(=O)(=O)N2CCOCC2)cc1NC(=O)CSc1ccc(C)cc1. The largest absolute Gasteiger partial charge is 0.495 e. The number of morpholine rings is 1. The summed E-state index contributed by atoms with van der Waals surface area (Å²) in [6, 6.07) is 12.4. The van der Waals surface area contributed by atoms with Crippen LogP contribution in [0.1, 0.15) is 5.56 Å². The van der Waals surface area contributed by atoms with E-state index in [-0.39, 0.29) is 16.6 Å². The molecule has 1 amide bonds. The first-order chi connectivity index (χ1) is 13.9. The highest BCUT2D eigenvalue weighted by atomic mass is 32.2. The molecular weight excluding hydrogens is 412 g/mol. The van der Waals surface area contributed by atoms with Crippen molar-refractivity contribution < 1.29 is 22.7 Å². The number of hydrogen-bond donors (Lipinski definition) is 1. The molecule has 0 aromatic heterocycles. The van der Waals surface area contributed by atoms with Crippen molar-refractivity contribution in [1.82, 2.24) is 4.31 Å². The van der Waals surface area contributed by atoms with E-state index < -0.39 is 10.0 Å². The molecule has 0 aliphatic carbocycles. The molecule has 0 atom stereocenters. The van der Waals surface area contributed by atoms with Crippen LogP contribution in [0.5, 0.6) is 5.75 Å². The zero-order valence-electron chi connectivity index (χ0n) is 16.4. The van der Waals surface area contributed by atoms with Gasteiger partial charge >= 0.3 is 0 Å². The minimum Gasteiger partial charge on any atom is -0.495 e. The monoisotopic (exact) mass is 436 g/mol. The van der Waals surface area contributed by atoms with Gasteiger partial charge in [-0.25, -0.2) is 8.42 Å². The number of benzene rings is 2. The molecule has 2 aromatic carbocycles. The summed E-state index contributed by atoms with van der Waals surface area (Å²) in [7, 11) is -2.19. The first-order valence-electron chi connectivity index (χ1n) is 9.15. The lowest BCUT2D eigenvalue weighted by molar-refractivity contribution is -0.113. The third-order valence-electron chi connectivity index (χ3n) is 4.44. The predicted molar refractivity (Wildman–Crippen MR) is 113 cm³/mol. The molecule has 1 heterocycles. The Morgan fingerprint density at radius 1 is 1.17 bits per heavy atom. The highest BCUT2D eigenvalue weighted by molar-refractivity contribution is 8.00. The van der Waals surface area contributed by atoms with Crippen molar-refractivity contribution in [1.29, 1.82) is 0 Å². The highest BCUT2D eigenvalue weighted by Gasteiger charge is 2.27. The number of nitrogens with zero attached hydrogens (tertiary/aromatic N) is 1. The van der Waals surface area contributed by atoms with E-state index in [1.807, 2.05) is 31.2 Å². The number of rotatable bonds is 7. The summed E-state index contributed by atoms with van der Waals surface area (Å²) in [6.45, 7) is 3.36. The van der Waals surface area contributed by atoms with Crippen molar-refractivity contribution in [3.05, 3.63) is 48.0 Å². The summed E-state index contributed by atoms with van der Waals surface area (Å²) >= 11 is 1.41. The first kappa shape index (κ1) is 21.6. The quantitative estimate of drug-likeness (QED) is 0.672. The highest BCUT2D eigenvalue weighted by Crippen LogP contribution is 2.29. The van der Waals surface area contributed by atoms with Crippen molar-refractivity contribution >= 4 is 33.4 Å². The minimum absolute atomic E-state index is 0.113. The van der Waals surface area contributed by atoms with E-state index in [1.54, 1.807) is 6.07 Å². The van der Waals surface area contributed by atoms with Gasteiger partial charge in [-0.05, 0) is 37.3 Å². The molecule has 29 heavy (non-hydrogen) atoms. The van der Waals surface area contributed by atoms with E-state index in [0.717, 1.165) is 10.5 Å². The van der Waals surface area contributed by atoms with Gasteiger partial charge in [0.05, 0.1) is 36.7 Å². The number of aryl methyl sites for hydroxylation is 1. The summed E-state index contributed by atoms with van der Waals surface area (Å²) in [5.74, 6) is 0.363. The lowest BCUT2D eigenvalue weighted by atomic mass is 10.2. The van der Waals surface area contributed by atoms with Crippen molar-refractivity contribution in [3.8, 4) is 5.75 Å². The first-order valence-corrected chi connectivity index (χ1v) is 11.6. The average Bonchev–Trinajstić information content (AvgIpc) is 2.74. The van der Waals surface area contributed by atoms with E-state index in [0.29, 0.717) is 37.7 Å². The van der Waals surface area contributed by atoms with Crippen LogP contribution >= 0.6 is 11.8 Å². The molecule has 1 N–H and O–H groups in total. The molecule has 1 fully saturated rings. The number of anilines is 1. The second-order valence-corrected chi connectivity index (χ2v) is 9.52. The van der Waals surface area contributed by atoms with E-state index in [2.05, 4.69) is 5.32 Å². The van der Waals surface area contributed by atoms with Crippen LogP contribution < -0.4 is 10.1 Å². The number of ether oxygens (including phenoxy) is 2. The van der Waals surface area contributed by atoms with Gasteiger partial charge in [0.15, 0.2) is 0 Å². The zero-order chi connectivity index (χ0) is 20.9. The molecule has 0 spiro atoms. The van der Waals surface area contributed by atoms with E-state index in [4.69, 9.17) is 9.47 Å². The normalized spacial score (nSPS) is 15.1. The lowest BCUT2D eigenvalue weighted by Crippen LogP contribution is -2.40. The Bertz CT molecular complexity index is 955. The number of carbonyl (C=O) groups excluding carboxylic acids is 1. The summed E-state index contributed by atoms with van der Waals surface area (Å²) in [4.78, 5) is 13.5. The number of hydrogen-bond acceptors (Lipinski definition) is 6. The molecule has 9 heteroatoms. The smallest absolute Gasteiger partial charge is 0.243 e. The maximum absolute atomic E-state index is 12.9. The molecule has 1 saturated heterocycles. The third-order valence-corrected chi connectivity index (χ3v) is 7.35. The Morgan fingerprint density at radius 3 is 2.52 bits per heavy atom. The molecule has 3 rings (SSSR count). The molecule has 0 bridgehead atoms. The van der Waals surface area contributed by atoms with Crippen molar-refractivity contribution in [2.45, 2.75) is 16.7 Å². The lowest BCUT2D eigenvalue weighted by Gasteiger charge is -2.26. The average molecular weight is 437 g/mol. The van der Waals surface area contributed by atoms with Crippen LogP contribution in [-0.4, -0.2) is 57.8 Å². The summed E-state index contributed by atoms with van der Waals surface area (Å²) in [5, 5.41) is 2.77. The van der Waals surface area contributed by atoms with Crippen LogP contribution in [0.4, 0.5) is 5.69 Å². The maximum Gasteiger partial charge on any atom is 0.243 e. The Kier molecular flexibility index (Phi) is 7.18. The Labute approximate surface area is 175 Å². The van der Waals surface area contributed by atoms with E-state index in [9.17, 15) is 13.2 Å². The number of nitrogens with one attached hydrogen (secondary N) is 1. The number of sulfonamides is 1. The van der Waals surface area contributed by atoms with Gasteiger partial charge in [-0.2, -0.15) is 4.31 Å². The topological polar surface area (TPSA) is 84.9 Å². The van der Waals surface area contributed by atoms with Crippen molar-refractivity contribution in [2.24, 2.45) is 0 Å². The molecule has 0 unspecified atom stereocenters. The van der Waals surface area contributed by atoms with Gasteiger partial charge < -0.3 is 14.8 Å². The molecule has 7 nitrogen and oxygen atoms in total. The summed E-state index contributed by atoms with van der Waals surface area (Å²) in [6.07, 6.45) is 0. The molecular formula is C20H24N2O5S2. The molecule has 1 aliphatic rings. The van der Waals surface area contributed by atoms with Crippen molar-refractivity contribution in [2.75, 3.05) is 44.5 Å². The van der Waals surface area contributed by atoms with Gasteiger partial charge in [0.1, 0.15) is 5.75 Å². The standard InChI is InChI=1S/C20H24N2O5S2/c1-15-3-5-16(6-4-15)28-14-20(23)21-18-13-17(7-8-19(18)26-2)29(24,25)22-9-11-27-12-10-22/h3-8,13H,9-12,14H2,1-2H3,(H,21,23). The fourth-order valence-electron chi connectivity index (χ4n) is 2.85. The Hall–Kier alpha value is -2.07. The summed E-state index contributed by atoms with van der Waals surface area (Å²) in [5.41, 5.74) is 1.48. The Balaban J connectivity index is 1.72. The van der Waals surface area contributed by atoms with Gasteiger partial charge in [0, 0.05) is 18.0 Å². The van der Waals surface area contributed by atoms with Gasteiger partial charge in [0.2, 0.25) is 15.9 Å². The van der Waals surface area contributed by atoms with Crippen LogP contribution in [0, 0.1) is 6.92 Å². The third kappa shape index (κ3) is 5.51. The predicted octanol–water partition coefficient (Wildman–Crippen LogP) is 2.76. The van der Waals surface area contributed by atoms with Crippen LogP contribution in [0.25, 0.3) is 0 Å². The molecule has 0 radical (unpaired) electrons. The molecule has 0 saturated carbocycles. The summed E-state index contributed by atoms with van der Waals surface area (Å²) < 4.78 is 37.7.